The first kappa shape index (κ1) is 22.3. The van der Waals surface area contributed by atoms with E-state index in [9.17, 15) is 9.90 Å². The fraction of sp³-hybridized carbons (Fsp3) is 0.316. The minimum atomic E-state index is -0.590. The molecule has 2 aromatic carbocycles. The van der Waals surface area contributed by atoms with E-state index < -0.39 is 12.1 Å². The van der Waals surface area contributed by atoms with Gasteiger partial charge in [-0.25, -0.2) is 4.79 Å². The molecular weight excluding hydrogens is 377 g/mol. The molecule has 0 fully saturated rings. The number of methoxy groups -OCH3 is 1. The fourth-order valence-corrected chi connectivity index (χ4v) is 2.46. The molecule has 0 unspecified atom stereocenters. The Hall–Kier alpha value is -1.79. The number of halogens is 2. The predicted octanol–water partition coefficient (Wildman–Crippen LogP) is 3.18. The summed E-state index contributed by atoms with van der Waals surface area (Å²) in [7, 11) is 1.32. The molecule has 0 saturated heterocycles. The van der Waals surface area contributed by atoms with E-state index >= 15 is 0 Å². The third-order valence-corrected chi connectivity index (χ3v) is 3.90. The van der Waals surface area contributed by atoms with Crippen LogP contribution in [0, 0.1) is 0 Å². The number of aliphatic hydroxyl groups is 1. The number of ether oxygens (including phenoxy) is 2. The molecule has 0 heterocycles. The van der Waals surface area contributed by atoms with Crippen molar-refractivity contribution < 1.29 is 19.4 Å². The molecule has 0 radical (unpaired) electrons. The highest BCUT2D eigenvalue weighted by atomic mass is 35.5. The van der Waals surface area contributed by atoms with Gasteiger partial charge in [0, 0.05) is 11.6 Å². The van der Waals surface area contributed by atoms with Gasteiger partial charge in [-0.15, -0.1) is 12.4 Å². The lowest BCUT2D eigenvalue weighted by atomic mass is 10.1. The molecule has 26 heavy (non-hydrogen) atoms. The maximum atomic E-state index is 11.0. The van der Waals surface area contributed by atoms with Gasteiger partial charge in [-0.3, -0.25) is 0 Å². The molecule has 0 saturated carbocycles. The van der Waals surface area contributed by atoms with E-state index in [1.54, 1.807) is 12.1 Å². The van der Waals surface area contributed by atoms with Crippen LogP contribution in [0.5, 0.6) is 5.75 Å². The molecule has 0 aromatic heterocycles. The number of nitrogens with one attached hydrogen (secondary N) is 1. The average molecular weight is 400 g/mol. The number of hydrogen-bond donors (Lipinski definition) is 2. The van der Waals surface area contributed by atoms with Crippen LogP contribution in [0.25, 0.3) is 0 Å². The molecule has 0 aliphatic heterocycles. The van der Waals surface area contributed by atoms with Crippen LogP contribution < -0.4 is 10.1 Å². The standard InChI is InChI=1S/C19H22ClNO4.ClH/c1-24-19(23)13-25-17-7-5-14(6-8-17)9-10-21-12-18(22)15-3-2-4-16(20)11-15;/h2-8,11,18,21-22H,9-10,12-13H2,1H3;1H/t18-;/m0./s1. The van der Waals surface area contributed by atoms with Crippen molar-refractivity contribution in [2.24, 2.45) is 0 Å². The Balaban J connectivity index is 0.00000338. The van der Waals surface area contributed by atoms with Crippen LogP contribution in [-0.4, -0.2) is 37.9 Å². The molecule has 0 aliphatic rings. The van der Waals surface area contributed by atoms with E-state index in [4.69, 9.17) is 16.3 Å². The molecular formula is C19H23Cl2NO4. The number of aliphatic hydroxyl groups excluding tert-OH is 1. The van der Waals surface area contributed by atoms with E-state index in [2.05, 4.69) is 10.1 Å². The predicted molar refractivity (Wildman–Crippen MR) is 104 cm³/mol. The highest BCUT2D eigenvalue weighted by Crippen LogP contribution is 2.17. The summed E-state index contributed by atoms with van der Waals surface area (Å²) >= 11 is 5.92. The molecule has 7 heteroatoms. The fourth-order valence-electron chi connectivity index (χ4n) is 2.26. The quantitative estimate of drug-likeness (QED) is 0.500. The zero-order valence-corrected chi connectivity index (χ0v) is 16.1. The lowest BCUT2D eigenvalue weighted by molar-refractivity contribution is -0.142. The first-order valence-electron chi connectivity index (χ1n) is 8.01. The Morgan fingerprint density at radius 2 is 1.96 bits per heavy atom. The Morgan fingerprint density at radius 3 is 2.62 bits per heavy atom. The monoisotopic (exact) mass is 399 g/mol. The van der Waals surface area contributed by atoms with Crippen molar-refractivity contribution in [3.05, 3.63) is 64.7 Å². The van der Waals surface area contributed by atoms with Gasteiger partial charge in [0.1, 0.15) is 5.75 Å². The molecule has 142 valence electrons. The van der Waals surface area contributed by atoms with E-state index in [1.165, 1.54) is 7.11 Å². The first-order valence-corrected chi connectivity index (χ1v) is 8.39. The lowest BCUT2D eigenvalue weighted by Gasteiger charge is -2.12. The van der Waals surface area contributed by atoms with Gasteiger partial charge in [0.15, 0.2) is 6.61 Å². The van der Waals surface area contributed by atoms with E-state index in [0.29, 0.717) is 17.3 Å². The van der Waals surface area contributed by atoms with Crippen molar-refractivity contribution in [2.45, 2.75) is 12.5 Å². The van der Waals surface area contributed by atoms with Crippen LogP contribution in [0.3, 0.4) is 0 Å². The van der Waals surface area contributed by atoms with Crippen molar-refractivity contribution in [1.29, 1.82) is 0 Å². The number of benzene rings is 2. The Bertz CT molecular complexity index is 679. The Morgan fingerprint density at radius 1 is 1.23 bits per heavy atom. The largest absolute Gasteiger partial charge is 0.482 e. The van der Waals surface area contributed by atoms with Crippen LogP contribution in [0.4, 0.5) is 0 Å². The van der Waals surface area contributed by atoms with Gasteiger partial charge >= 0.3 is 5.97 Å². The van der Waals surface area contributed by atoms with Gasteiger partial charge in [-0.05, 0) is 48.4 Å². The second-order valence-electron chi connectivity index (χ2n) is 5.53. The molecule has 1 atom stereocenters. The summed E-state index contributed by atoms with van der Waals surface area (Å²) in [6, 6.07) is 14.8. The lowest BCUT2D eigenvalue weighted by Crippen LogP contribution is -2.23. The smallest absolute Gasteiger partial charge is 0.343 e. The summed E-state index contributed by atoms with van der Waals surface area (Å²) in [4.78, 5) is 11.0. The number of carbonyl (C=O) groups excluding carboxylic acids is 1. The van der Waals surface area contributed by atoms with Crippen LogP contribution >= 0.6 is 24.0 Å². The van der Waals surface area contributed by atoms with Crippen LogP contribution in [0.15, 0.2) is 48.5 Å². The summed E-state index contributed by atoms with van der Waals surface area (Å²) in [6.07, 6.45) is 0.229. The van der Waals surface area contributed by atoms with Gasteiger partial charge in [0.25, 0.3) is 0 Å². The number of hydrogen-bond acceptors (Lipinski definition) is 5. The van der Waals surface area contributed by atoms with Crippen molar-refractivity contribution in [1.82, 2.24) is 5.32 Å². The number of rotatable bonds is 9. The Labute approximate surface area is 164 Å². The van der Waals surface area contributed by atoms with E-state index in [1.807, 2.05) is 36.4 Å². The molecule has 0 spiro atoms. The number of carbonyl (C=O) groups is 1. The van der Waals surface area contributed by atoms with Crippen LogP contribution in [0.2, 0.25) is 5.02 Å². The summed E-state index contributed by atoms with van der Waals surface area (Å²) in [5.41, 5.74) is 1.93. The summed E-state index contributed by atoms with van der Waals surface area (Å²) in [5, 5.41) is 14.0. The van der Waals surface area contributed by atoms with Crippen LogP contribution in [-0.2, 0) is 16.0 Å². The van der Waals surface area contributed by atoms with Crippen molar-refractivity contribution in [3.63, 3.8) is 0 Å². The normalized spacial score (nSPS) is 11.3. The molecule has 2 aromatic rings. The summed E-state index contributed by atoms with van der Waals surface area (Å²) < 4.78 is 9.81. The van der Waals surface area contributed by atoms with Crippen molar-refractivity contribution >= 4 is 30.0 Å². The third-order valence-electron chi connectivity index (χ3n) is 3.67. The second kappa shape index (κ2) is 11.8. The molecule has 2 rings (SSSR count). The highest BCUT2D eigenvalue weighted by Gasteiger charge is 2.07. The maximum absolute atomic E-state index is 11.0. The molecule has 0 bridgehead atoms. The van der Waals surface area contributed by atoms with Crippen molar-refractivity contribution in [2.75, 3.05) is 26.8 Å². The zero-order chi connectivity index (χ0) is 18.1. The molecule has 0 aliphatic carbocycles. The minimum Gasteiger partial charge on any atom is -0.482 e. The van der Waals surface area contributed by atoms with E-state index in [0.717, 1.165) is 24.1 Å². The average Bonchev–Trinajstić information content (AvgIpc) is 2.64. The second-order valence-corrected chi connectivity index (χ2v) is 5.97. The summed E-state index contributed by atoms with van der Waals surface area (Å²) in [5.74, 6) is 0.213. The van der Waals surface area contributed by atoms with Gasteiger partial charge < -0.3 is 19.9 Å². The molecule has 2 N–H and O–H groups in total. The topological polar surface area (TPSA) is 67.8 Å². The molecule has 0 amide bonds. The van der Waals surface area contributed by atoms with Gasteiger partial charge in [0.05, 0.1) is 13.2 Å². The maximum Gasteiger partial charge on any atom is 0.343 e. The van der Waals surface area contributed by atoms with E-state index in [-0.39, 0.29) is 19.0 Å². The van der Waals surface area contributed by atoms with Gasteiger partial charge in [0.2, 0.25) is 0 Å². The van der Waals surface area contributed by atoms with Crippen molar-refractivity contribution in [3.8, 4) is 5.75 Å². The Kier molecular flexibility index (Phi) is 10.1. The summed E-state index contributed by atoms with van der Waals surface area (Å²) in [6.45, 7) is 1.10. The minimum absolute atomic E-state index is 0. The SMILES string of the molecule is COC(=O)COc1ccc(CCNC[C@H](O)c2cccc(Cl)c2)cc1.Cl. The van der Waals surface area contributed by atoms with Gasteiger partial charge in [-0.2, -0.15) is 0 Å². The van der Waals surface area contributed by atoms with Gasteiger partial charge in [-0.1, -0.05) is 35.9 Å². The van der Waals surface area contributed by atoms with Crippen LogP contribution in [0.1, 0.15) is 17.2 Å². The number of esters is 1. The zero-order valence-electron chi connectivity index (χ0n) is 14.5. The molecule has 5 nitrogen and oxygen atoms in total. The highest BCUT2D eigenvalue weighted by molar-refractivity contribution is 6.30. The third kappa shape index (κ3) is 7.62. The first-order chi connectivity index (χ1) is 12.1.